The standard InChI is InChI=1S/C19H20F3N3OS/c1-5-18(3,4)23-16(26)15-10-14-11(2)24-25(17(14)27-15)13-8-6-7-12(9-13)19(20,21)22/h6-10H,5H2,1-4H3,(H,23,26). The molecule has 27 heavy (non-hydrogen) atoms. The molecule has 1 N–H and O–H groups in total. The van der Waals surface area contributed by atoms with Crippen molar-refractivity contribution in [2.45, 2.75) is 45.8 Å². The van der Waals surface area contributed by atoms with E-state index in [0.717, 1.165) is 23.9 Å². The quantitative estimate of drug-likeness (QED) is 0.649. The van der Waals surface area contributed by atoms with Gasteiger partial charge in [0.25, 0.3) is 5.91 Å². The van der Waals surface area contributed by atoms with Gasteiger partial charge in [-0.3, -0.25) is 4.79 Å². The summed E-state index contributed by atoms with van der Waals surface area (Å²) < 4.78 is 40.5. The van der Waals surface area contributed by atoms with Gasteiger partial charge in [-0.25, -0.2) is 4.68 Å². The Morgan fingerprint density at radius 3 is 2.59 bits per heavy atom. The Kier molecular flexibility index (Phi) is 4.80. The molecule has 0 fully saturated rings. The highest BCUT2D eigenvalue weighted by Crippen LogP contribution is 2.33. The molecule has 0 aliphatic heterocycles. The minimum absolute atomic E-state index is 0.196. The molecule has 4 nitrogen and oxygen atoms in total. The van der Waals surface area contributed by atoms with E-state index in [9.17, 15) is 18.0 Å². The number of carbonyl (C=O) groups is 1. The van der Waals surface area contributed by atoms with E-state index in [-0.39, 0.29) is 11.4 Å². The molecular formula is C19H20F3N3OS. The number of fused-ring (bicyclic) bond motifs is 1. The SMILES string of the molecule is CCC(C)(C)NC(=O)c1cc2c(C)nn(-c3cccc(C(F)(F)F)c3)c2s1. The van der Waals surface area contributed by atoms with Gasteiger partial charge in [-0.05, 0) is 51.5 Å². The van der Waals surface area contributed by atoms with Gasteiger partial charge in [0, 0.05) is 10.9 Å². The monoisotopic (exact) mass is 395 g/mol. The number of hydrogen-bond donors (Lipinski definition) is 1. The van der Waals surface area contributed by atoms with E-state index >= 15 is 0 Å². The van der Waals surface area contributed by atoms with Gasteiger partial charge in [-0.1, -0.05) is 13.0 Å². The molecule has 8 heteroatoms. The normalized spacial score (nSPS) is 12.6. The Balaban J connectivity index is 2.04. The molecule has 3 rings (SSSR count). The predicted octanol–water partition coefficient (Wildman–Crippen LogP) is 5.33. The minimum Gasteiger partial charge on any atom is -0.346 e. The van der Waals surface area contributed by atoms with Crippen molar-refractivity contribution >= 4 is 27.5 Å². The lowest BCUT2D eigenvalue weighted by Crippen LogP contribution is -2.42. The molecule has 0 aliphatic carbocycles. The summed E-state index contributed by atoms with van der Waals surface area (Å²) in [5.41, 5.74) is -0.103. The molecule has 1 aromatic carbocycles. The summed E-state index contributed by atoms with van der Waals surface area (Å²) in [6, 6.07) is 6.75. The minimum atomic E-state index is -4.43. The number of carbonyl (C=O) groups excluding carboxylic acids is 1. The van der Waals surface area contributed by atoms with Crippen LogP contribution in [0.5, 0.6) is 0 Å². The van der Waals surface area contributed by atoms with Gasteiger partial charge in [0.05, 0.1) is 21.8 Å². The highest BCUT2D eigenvalue weighted by Gasteiger charge is 2.31. The first-order chi connectivity index (χ1) is 12.5. The zero-order valence-corrected chi connectivity index (χ0v) is 16.3. The van der Waals surface area contributed by atoms with Gasteiger partial charge in [0.15, 0.2) is 0 Å². The number of aryl methyl sites for hydroxylation is 1. The average molecular weight is 395 g/mol. The van der Waals surface area contributed by atoms with Crippen molar-refractivity contribution in [3.8, 4) is 5.69 Å². The van der Waals surface area contributed by atoms with Gasteiger partial charge in [-0.2, -0.15) is 18.3 Å². The Morgan fingerprint density at radius 2 is 1.96 bits per heavy atom. The van der Waals surface area contributed by atoms with Crippen LogP contribution in [0.25, 0.3) is 15.9 Å². The summed E-state index contributed by atoms with van der Waals surface area (Å²) >= 11 is 1.22. The molecule has 1 amide bonds. The second-order valence-electron chi connectivity index (χ2n) is 7.07. The molecule has 0 bridgehead atoms. The van der Waals surface area contributed by atoms with Gasteiger partial charge in [0.2, 0.25) is 0 Å². The zero-order chi connectivity index (χ0) is 20.0. The number of aromatic nitrogens is 2. The first-order valence-corrected chi connectivity index (χ1v) is 9.33. The molecule has 0 radical (unpaired) electrons. The second kappa shape index (κ2) is 6.67. The summed E-state index contributed by atoms with van der Waals surface area (Å²) in [7, 11) is 0. The topological polar surface area (TPSA) is 46.9 Å². The molecular weight excluding hydrogens is 375 g/mol. The van der Waals surface area contributed by atoms with Crippen LogP contribution in [-0.2, 0) is 6.18 Å². The number of nitrogens with one attached hydrogen (secondary N) is 1. The number of halogens is 3. The maximum Gasteiger partial charge on any atom is 0.416 e. The number of thiophene rings is 1. The van der Waals surface area contributed by atoms with Crippen LogP contribution in [0.3, 0.4) is 0 Å². The fraction of sp³-hybridized carbons (Fsp3) is 0.368. The third-order valence-electron chi connectivity index (χ3n) is 4.52. The van der Waals surface area contributed by atoms with Crippen LogP contribution < -0.4 is 5.32 Å². The van der Waals surface area contributed by atoms with Crippen LogP contribution in [-0.4, -0.2) is 21.2 Å². The number of nitrogens with zero attached hydrogens (tertiary/aromatic N) is 2. The van der Waals surface area contributed by atoms with E-state index in [1.807, 2.05) is 20.8 Å². The Hall–Kier alpha value is -2.35. The van der Waals surface area contributed by atoms with Gasteiger partial charge < -0.3 is 5.32 Å². The lowest BCUT2D eigenvalue weighted by atomic mass is 10.0. The summed E-state index contributed by atoms with van der Waals surface area (Å²) in [5, 5.41) is 8.10. The summed E-state index contributed by atoms with van der Waals surface area (Å²) in [4.78, 5) is 13.7. The van der Waals surface area contributed by atoms with Gasteiger partial charge >= 0.3 is 6.18 Å². The molecule has 0 saturated carbocycles. The molecule has 2 heterocycles. The zero-order valence-electron chi connectivity index (χ0n) is 15.4. The second-order valence-corrected chi connectivity index (χ2v) is 8.10. The first kappa shape index (κ1) is 19.4. The van der Waals surface area contributed by atoms with Crippen LogP contribution >= 0.6 is 11.3 Å². The molecule has 0 aliphatic rings. The number of hydrogen-bond acceptors (Lipinski definition) is 3. The highest BCUT2D eigenvalue weighted by atomic mass is 32.1. The van der Waals surface area contributed by atoms with Crippen LogP contribution in [0.1, 0.15) is 48.1 Å². The smallest absolute Gasteiger partial charge is 0.346 e. The number of amides is 1. The molecule has 0 spiro atoms. The van der Waals surface area contributed by atoms with Crippen molar-refractivity contribution in [1.82, 2.24) is 15.1 Å². The average Bonchev–Trinajstić information content (AvgIpc) is 3.15. The number of rotatable bonds is 4. The summed E-state index contributed by atoms with van der Waals surface area (Å²) in [6.45, 7) is 7.64. The van der Waals surface area contributed by atoms with E-state index in [0.29, 0.717) is 21.1 Å². The fourth-order valence-corrected chi connectivity index (χ4v) is 3.68. The van der Waals surface area contributed by atoms with Crippen molar-refractivity contribution < 1.29 is 18.0 Å². The van der Waals surface area contributed by atoms with Gasteiger partial charge in [-0.15, -0.1) is 11.3 Å². The Bertz CT molecular complexity index is 1000. The number of alkyl halides is 3. The molecule has 0 saturated heterocycles. The molecule has 3 aromatic rings. The van der Waals surface area contributed by atoms with E-state index in [1.54, 1.807) is 19.1 Å². The van der Waals surface area contributed by atoms with E-state index in [1.165, 1.54) is 22.1 Å². The molecule has 144 valence electrons. The Morgan fingerprint density at radius 1 is 1.26 bits per heavy atom. The lowest BCUT2D eigenvalue weighted by Gasteiger charge is -2.23. The molecule has 0 unspecified atom stereocenters. The summed E-state index contributed by atoms with van der Waals surface area (Å²) in [6.07, 6.45) is -3.65. The fourth-order valence-electron chi connectivity index (χ4n) is 2.61. The van der Waals surface area contributed by atoms with Crippen molar-refractivity contribution in [2.24, 2.45) is 0 Å². The van der Waals surface area contributed by atoms with Crippen molar-refractivity contribution in [3.63, 3.8) is 0 Å². The predicted molar refractivity (Wildman–Crippen MR) is 101 cm³/mol. The van der Waals surface area contributed by atoms with Crippen LogP contribution in [0.2, 0.25) is 0 Å². The highest BCUT2D eigenvalue weighted by molar-refractivity contribution is 7.20. The van der Waals surface area contributed by atoms with Crippen molar-refractivity contribution in [2.75, 3.05) is 0 Å². The van der Waals surface area contributed by atoms with E-state index in [2.05, 4.69) is 10.4 Å². The Labute approximate surface area is 159 Å². The third-order valence-corrected chi connectivity index (χ3v) is 5.63. The van der Waals surface area contributed by atoms with E-state index < -0.39 is 11.7 Å². The van der Waals surface area contributed by atoms with Crippen molar-refractivity contribution in [3.05, 3.63) is 46.5 Å². The van der Waals surface area contributed by atoms with E-state index in [4.69, 9.17) is 0 Å². The van der Waals surface area contributed by atoms with Crippen LogP contribution in [0.15, 0.2) is 30.3 Å². The molecule has 2 aromatic heterocycles. The largest absolute Gasteiger partial charge is 0.416 e. The van der Waals surface area contributed by atoms with Crippen molar-refractivity contribution in [1.29, 1.82) is 0 Å². The number of benzene rings is 1. The third kappa shape index (κ3) is 3.85. The first-order valence-electron chi connectivity index (χ1n) is 8.51. The van der Waals surface area contributed by atoms with Gasteiger partial charge in [0.1, 0.15) is 4.83 Å². The lowest BCUT2D eigenvalue weighted by molar-refractivity contribution is -0.137. The van der Waals surface area contributed by atoms with Crippen LogP contribution in [0.4, 0.5) is 13.2 Å². The molecule has 0 atom stereocenters. The van der Waals surface area contributed by atoms with Crippen LogP contribution in [0, 0.1) is 6.92 Å². The maximum absolute atomic E-state index is 13.0. The summed E-state index contributed by atoms with van der Waals surface area (Å²) in [5.74, 6) is -0.196. The maximum atomic E-state index is 13.0.